The van der Waals surface area contributed by atoms with E-state index in [1.54, 1.807) is 39.1 Å². The smallest absolute Gasteiger partial charge is 0.408 e. The summed E-state index contributed by atoms with van der Waals surface area (Å²) < 4.78 is 5.08. The van der Waals surface area contributed by atoms with Crippen molar-refractivity contribution in [3.05, 3.63) is 30.1 Å². The Morgan fingerprint density at radius 2 is 2.22 bits per heavy atom. The minimum Gasteiger partial charge on any atom is -0.444 e. The van der Waals surface area contributed by atoms with Crippen molar-refractivity contribution in [2.24, 2.45) is 0 Å². The molecule has 98 valence electrons. The Morgan fingerprint density at radius 3 is 2.72 bits per heavy atom. The van der Waals surface area contributed by atoms with E-state index in [0.29, 0.717) is 12.7 Å². The van der Waals surface area contributed by atoms with Crippen LogP contribution in [0.1, 0.15) is 26.5 Å². The zero-order chi connectivity index (χ0) is 13.6. The number of pyridine rings is 1. The van der Waals surface area contributed by atoms with Crippen LogP contribution in [-0.4, -0.2) is 29.0 Å². The fourth-order valence-corrected chi connectivity index (χ4v) is 1.34. The van der Waals surface area contributed by atoms with Gasteiger partial charge in [0.2, 0.25) is 0 Å². The molecule has 1 heterocycles. The Hall–Kier alpha value is -1.91. The molecule has 0 aliphatic heterocycles. The summed E-state index contributed by atoms with van der Waals surface area (Å²) in [5.41, 5.74) is 0.161. The van der Waals surface area contributed by atoms with Gasteiger partial charge in [-0.1, -0.05) is 6.07 Å². The molecule has 0 spiro atoms. The van der Waals surface area contributed by atoms with Crippen molar-refractivity contribution < 1.29 is 14.3 Å². The second-order valence-corrected chi connectivity index (χ2v) is 4.91. The van der Waals surface area contributed by atoms with Gasteiger partial charge in [-0.2, -0.15) is 0 Å². The van der Waals surface area contributed by atoms with Crippen LogP contribution in [-0.2, 0) is 16.0 Å². The van der Waals surface area contributed by atoms with E-state index < -0.39 is 17.7 Å². The highest BCUT2D eigenvalue weighted by Gasteiger charge is 2.19. The topological polar surface area (TPSA) is 68.3 Å². The van der Waals surface area contributed by atoms with Gasteiger partial charge in [0.05, 0.1) is 6.04 Å². The summed E-state index contributed by atoms with van der Waals surface area (Å²) in [6, 6.07) is 4.79. The standard InChI is InChI=1S/C13H18N2O3/c1-13(2,3)18-12(17)15-11(9-16)8-10-6-4-5-7-14-10/h4-7,9,11H,8H2,1-3H3,(H,15,17)/t11-/m1/s1. The summed E-state index contributed by atoms with van der Waals surface area (Å²) in [5.74, 6) is 0. The molecule has 5 nitrogen and oxygen atoms in total. The van der Waals surface area contributed by atoms with Gasteiger partial charge in [0.25, 0.3) is 0 Å². The van der Waals surface area contributed by atoms with Crippen molar-refractivity contribution in [1.29, 1.82) is 0 Å². The van der Waals surface area contributed by atoms with Gasteiger partial charge in [-0.3, -0.25) is 4.98 Å². The van der Waals surface area contributed by atoms with Gasteiger partial charge < -0.3 is 14.8 Å². The molecule has 0 unspecified atom stereocenters. The molecule has 18 heavy (non-hydrogen) atoms. The number of amides is 1. The number of alkyl carbamates (subject to hydrolysis) is 1. The van der Waals surface area contributed by atoms with Crippen LogP contribution >= 0.6 is 0 Å². The molecule has 0 aromatic carbocycles. The molecular weight excluding hydrogens is 232 g/mol. The molecule has 1 amide bonds. The van der Waals surface area contributed by atoms with Crippen molar-refractivity contribution in [2.75, 3.05) is 0 Å². The molecule has 0 aliphatic rings. The maximum atomic E-state index is 11.5. The lowest BCUT2D eigenvalue weighted by Crippen LogP contribution is -2.41. The second-order valence-electron chi connectivity index (χ2n) is 4.91. The van der Waals surface area contributed by atoms with Crippen LogP contribution in [0.5, 0.6) is 0 Å². The molecule has 1 aromatic rings. The molecule has 0 fully saturated rings. The van der Waals surface area contributed by atoms with Crippen molar-refractivity contribution in [3.8, 4) is 0 Å². The van der Waals surface area contributed by atoms with Crippen LogP contribution in [0.15, 0.2) is 24.4 Å². The van der Waals surface area contributed by atoms with Crippen LogP contribution in [0.3, 0.4) is 0 Å². The number of carbonyl (C=O) groups excluding carboxylic acids is 2. The van der Waals surface area contributed by atoms with Crippen LogP contribution in [0.4, 0.5) is 4.79 Å². The lowest BCUT2D eigenvalue weighted by molar-refractivity contribution is -0.109. The molecule has 5 heteroatoms. The predicted octanol–water partition coefficient (Wildman–Crippen LogP) is 1.72. The summed E-state index contributed by atoms with van der Waals surface area (Å²) in [4.78, 5) is 26.5. The van der Waals surface area contributed by atoms with E-state index in [1.165, 1.54) is 0 Å². The molecule has 1 atom stereocenters. The predicted molar refractivity (Wildman–Crippen MR) is 67.2 cm³/mol. The minimum atomic E-state index is -0.630. The van der Waals surface area contributed by atoms with Crippen molar-refractivity contribution in [3.63, 3.8) is 0 Å². The number of nitrogens with zero attached hydrogens (tertiary/aromatic N) is 1. The molecule has 1 rings (SSSR count). The molecule has 0 radical (unpaired) electrons. The summed E-state index contributed by atoms with van der Waals surface area (Å²) in [6.07, 6.45) is 2.07. The van der Waals surface area contributed by atoms with Gasteiger partial charge in [-0.05, 0) is 32.9 Å². The summed E-state index contributed by atoms with van der Waals surface area (Å²) >= 11 is 0. The Labute approximate surface area is 107 Å². The van der Waals surface area contributed by atoms with Crippen molar-refractivity contribution in [2.45, 2.75) is 38.8 Å². The first-order valence-corrected chi connectivity index (χ1v) is 5.75. The first-order chi connectivity index (χ1) is 8.40. The third-order valence-electron chi connectivity index (χ3n) is 2.02. The second kappa shape index (κ2) is 6.14. The monoisotopic (exact) mass is 250 g/mol. The normalized spacial score (nSPS) is 12.6. The molecule has 0 aliphatic carbocycles. The number of hydrogen-bond acceptors (Lipinski definition) is 4. The van der Waals surface area contributed by atoms with Gasteiger partial charge >= 0.3 is 6.09 Å². The number of aldehydes is 1. The number of carbonyl (C=O) groups is 2. The largest absolute Gasteiger partial charge is 0.444 e. The number of ether oxygens (including phenoxy) is 1. The Bertz CT molecular complexity index is 398. The molecule has 0 bridgehead atoms. The number of aromatic nitrogens is 1. The first kappa shape index (κ1) is 14.2. The van der Waals surface area contributed by atoms with E-state index >= 15 is 0 Å². The summed E-state index contributed by atoms with van der Waals surface area (Å²) in [7, 11) is 0. The fraction of sp³-hybridized carbons (Fsp3) is 0.462. The van der Waals surface area contributed by atoms with Crippen LogP contribution in [0.2, 0.25) is 0 Å². The maximum Gasteiger partial charge on any atom is 0.408 e. The lowest BCUT2D eigenvalue weighted by atomic mass is 10.1. The SMILES string of the molecule is CC(C)(C)OC(=O)N[C@@H](C=O)Cc1ccccn1. The molecule has 0 saturated carbocycles. The van der Waals surface area contributed by atoms with Crippen molar-refractivity contribution >= 4 is 12.4 Å². The van der Waals surface area contributed by atoms with E-state index in [-0.39, 0.29) is 0 Å². The molecular formula is C13H18N2O3. The zero-order valence-corrected chi connectivity index (χ0v) is 10.8. The average molecular weight is 250 g/mol. The third kappa shape index (κ3) is 5.43. The van der Waals surface area contributed by atoms with E-state index in [4.69, 9.17) is 4.74 Å². The highest BCUT2D eigenvalue weighted by molar-refractivity contribution is 5.73. The number of rotatable bonds is 4. The third-order valence-corrected chi connectivity index (χ3v) is 2.02. The van der Waals surface area contributed by atoms with E-state index in [9.17, 15) is 9.59 Å². The summed E-state index contributed by atoms with van der Waals surface area (Å²) in [6.45, 7) is 5.30. The van der Waals surface area contributed by atoms with E-state index in [1.807, 2.05) is 6.07 Å². The van der Waals surface area contributed by atoms with Crippen molar-refractivity contribution in [1.82, 2.24) is 10.3 Å². The molecule has 1 N–H and O–H groups in total. The Balaban J connectivity index is 2.53. The highest BCUT2D eigenvalue weighted by atomic mass is 16.6. The lowest BCUT2D eigenvalue weighted by Gasteiger charge is -2.21. The quantitative estimate of drug-likeness (QED) is 0.826. The Morgan fingerprint density at radius 1 is 1.50 bits per heavy atom. The first-order valence-electron chi connectivity index (χ1n) is 5.75. The highest BCUT2D eigenvalue weighted by Crippen LogP contribution is 2.07. The summed E-state index contributed by atoms with van der Waals surface area (Å²) in [5, 5.41) is 2.50. The Kier molecular flexibility index (Phi) is 4.83. The number of nitrogens with one attached hydrogen (secondary N) is 1. The van der Waals surface area contributed by atoms with E-state index in [0.717, 1.165) is 5.69 Å². The van der Waals surface area contributed by atoms with Gasteiger partial charge in [0, 0.05) is 18.3 Å². The van der Waals surface area contributed by atoms with Crippen LogP contribution in [0, 0.1) is 0 Å². The molecule has 1 aromatic heterocycles. The van der Waals surface area contributed by atoms with Gasteiger partial charge in [0.15, 0.2) is 0 Å². The van der Waals surface area contributed by atoms with Gasteiger partial charge in [0.1, 0.15) is 11.9 Å². The van der Waals surface area contributed by atoms with Crippen LogP contribution in [0.25, 0.3) is 0 Å². The average Bonchev–Trinajstić information content (AvgIpc) is 2.27. The zero-order valence-electron chi connectivity index (χ0n) is 10.8. The van der Waals surface area contributed by atoms with Gasteiger partial charge in [-0.15, -0.1) is 0 Å². The van der Waals surface area contributed by atoms with Crippen LogP contribution < -0.4 is 5.32 Å². The number of hydrogen-bond donors (Lipinski definition) is 1. The van der Waals surface area contributed by atoms with Gasteiger partial charge in [-0.25, -0.2) is 4.79 Å². The maximum absolute atomic E-state index is 11.5. The minimum absolute atomic E-state index is 0.351. The fourth-order valence-electron chi connectivity index (χ4n) is 1.34. The van der Waals surface area contributed by atoms with E-state index in [2.05, 4.69) is 10.3 Å². The molecule has 0 saturated heterocycles.